The molecule has 2 heteroatoms. The van der Waals surface area contributed by atoms with Gasteiger partial charge in [-0.3, -0.25) is 9.88 Å². The summed E-state index contributed by atoms with van der Waals surface area (Å²) in [6, 6.07) is 4.92. The summed E-state index contributed by atoms with van der Waals surface area (Å²) < 4.78 is 0. The monoisotopic (exact) mass is 232 g/mol. The van der Waals surface area contributed by atoms with E-state index < -0.39 is 0 Å². The van der Waals surface area contributed by atoms with Gasteiger partial charge in [0, 0.05) is 6.20 Å². The largest absolute Gasteiger partial charge is 0.298 e. The van der Waals surface area contributed by atoms with Gasteiger partial charge in [0.05, 0.1) is 11.7 Å². The second-order valence-corrected chi connectivity index (χ2v) is 4.91. The molecule has 1 aliphatic heterocycles. The zero-order valence-corrected chi connectivity index (χ0v) is 11.3. The molecule has 2 atom stereocenters. The molecular formula is C15H24N2. The van der Waals surface area contributed by atoms with E-state index in [-0.39, 0.29) is 0 Å². The Balaban J connectivity index is 0.000000514. The number of aryl methyl sites for hydroxylation is 1. The van der Waals surface area contributed by atoms with Crippen molar-refractivity contribution >= 4 is 0 Å². The van der Waals surface area contributed by atoms with Gasteiger partial charge in [-0.25, -0.2) is 0 Å². The maximum absolute atomic E-state index is 4.61. The molecule has 17 heavy (non-hydrogen) atoms. The number of likely N-dealkylation sites (tertiary alicyclic amines) is 1. The van der Waals surface area contributed by atoms with E-state index in [1.54, 1.807) is 0 Å². The van der Waals surface area contributed by atoms with E-state index in [2.05, 4.69) is 29.1 Å². The van der Waals surface area contributed by atoms with Crippen LogP contribution in [0.3, 0.4) is 0 Å². The number of hydrogen-bond acceptors (Lipinski definition) is 2. The van der Waals surface area contributed by atoms with Crippen molar-refractivity contribution < 1.29 is 0 Å². The molecule has 0 N–H and O–H groups in total. The summed E-state index contributed by atoms with van der Waals surface area (Å²) in [5.74, 6) is 0.853. The molecule has 1 aromatic rings. The maximum atomic E-state index is 4.61. The summed E-state index contributed by atoms with van der Waals surface area (Å²) in [5.41, 5.74) is 2.84. The Morgan fingerprint density at radius 1 is 1.29 bits per heavy atom. The average Bonchev–Trinajstić information content (AvgIpc) is 2.41. The van der Waals surface area contributed by atoms with Crippen molar-refractivity contribution in [3.63, 3.8) is 0 Å². The molecule has 0 bridgehead atoms. The number of aromatic nitrogens is 1. The van der Waals surface area contributed by atoms with Gasteiger partial charge in [-0.15, -0.1) is 0 Å². The predicted octanol–water partition coefficient (Wildman–Crippen LogP) is 3.44. The lowest BCUT2D eigenvalue weighted by molar-refractivity contribution is 0.103. The third-order valence-electron chi connectivity index (χ3n) is 4.00. The highest BCUT2D eigenvalue weighted by molar-refractivity contribution is 5.27. The predicted molar refractivity (Wildman–Crippen MR) is 72.0 cm³/mol. The molecule has 1 aromatic heterocycles. The molecular weight excluding hydrogens is 208 g/mol. The van der Waals surface area contributed by atoms with E-state index in [4.69, 9.17) is 0 Å². The normalized spacial score (nSPS) is 27.5. The molecule has 2 heterocycles. The molecule has 0 saturated carbocycles. The van der Waals surface area contributed by atoms with Crippen LogP contribution < -0.4 is 0 Å². The summed E-state index contributed by atoms with van der Waals surface area (Å²) in [7, 11) is 2.25. The topological polar surface area (TPSA) is 16.1 Å². The van der Waals surface area contributed by atoms with Gasteiger partial charge in [-0.2, -0.15) is 0 Å². The van der Waals surface area contributed by atoms with Crippen molar-refractivity contribution in [2.24, 2.45) is 5.92 Å². The fraction of sp³-hybridized carbons (Fsp3) is 0.667. The molecule has 0 amide bonds. The number of pyridine rings is 1. The van der Waals surface area contributed by atoms with E-state index in [1.165, 1.54) is 43.5 Å². The first-order valence-corrected chi connectivity index (χ1v) is 7.00. The Morgan fingerprint density at radius 2 is 2.12 bits per heavy atom. The average molecular weight is 232 g/mol. The molecule has 0 radical (unpaired) electrons. The van der Waals surface area contributed by atoms with Crippen LogP contribution >= 0.6 is 0 Å². The van der Waals surface area contributed by atoms with Crippen LogP contribution in [0, 0.1) is 5.92 Å². The van der Waals surface area contributed by atoms with Gasteiger partial charge < -0.3 is 0 Å². The lowest BCUT2D eigenvalue weighted by atomic mass is 9.77. The molecule has 3 rings (SSSR count). The summed E-state index contributed by atoms with van der Waals surface area (Å²) in [6.45, 7) is 5.23. The van der Waals surface area contributed by atoms with E-state index in [0.29, 0.717) is 6.04 Å². The van der Waals surface area contributed by atoms with Crippen LogP contribution in [0.5, 0.6) is 0 Å². The fourth-order valence-corrected chi connectivity index (χ4v) is 3.26. The van der Waals surface area contributed by atoms with Crippen LogP contribution in [0.2, 0.25) is 0 Å². The molecule has 0 aromatic carbocycles. The van der Waals surface area contributed by atoms with Crippen LogP contribution in [-0.4, -0.2) is 23.5 Å². The molecule has 0 spiro atoms. The lowest BCUT2D eigenvalue weighted by Gasteiger charge is -2.42. The fourth-order valence-electron chi connectivity index (χ4n) is 3.26. The minimum atomic E-state index is 0.601. The Labute approximate surface area is 105 Å². The maximum Gasteiger partial charge on any atom is 0.0609 e. The molecule has 1 saturated heterocycles. The van der Waals surface area contributed by atoms with Gasteiger partial charge in [0.25, 0.3) is 0 Å². The van der Waals surface area contributed by atoms with Crippen molar-refractivity contribution in [1.29, 1.82) is 0 Å². The second kappa shape index (κ2) is 5.63. The first-order valence-electron chi connectivity index (χ1n) is 7.00. The first-order chi connectivity index (χ1) is 8.36. The van der Waals surface area contributed by atoms with Gasteiger partial charge >= 0.3 is 0 Å². The smallest absolute Gasteiger partial charge is 0.0609 e. The zero-order chi connectivity index (χ0) is 12.3. The van der Waals surface area contributed by atoms with E-state index in [0.717, 1.165) is 5.92 Å². The van der Waals surface area contributed by atoms with Crippen molar-refractivity contribution in [3.8, 4) is 0 Å². The number of hydrogen-bond donors (Lipinski definition) is 0. The third kappa shape index (κ3) is 2.37. The van der Waals surface area contributed by atoms with Crippen LogP contribution in [0.4, 0.5) is 0 Å². The van der Waals surface area contributed by atoms with Gasteiger partial charge in [0.2, 0.25) is 0 Å². The molecule has 2 nitrogen and oxygen atoms in total. The minimum Gasteiger partial charge on any atom is -0.298 e. The quantitative estimate of drug-likeness (QED) is 0.681. The van der Waals surface area contributed by atoms with Crippen molar-refractivity contribution in [1.82, 2.24) is 9.88 Å². The van der Waals surface area contributed by atoms with Crippen LogP contribution in [0.1, 0.15) is 50.4 Å². The molecule has 1 aliphatic carbocycles. The van der Waals surface area contributed by atoms with Crippen LogP contribution in [0.15, 0.2) is 18.3 Å². The highest BCUT2D eigenvalue weighted by Crippen LogP contribution is 2.41. The summed E-state index contributed by atoms with van der Waals surface area (Å²) in [4.78, 5) is 7.11. The van der Waals surface area contributed by atoms with Crippen LogP contribution in [-0.2, 0) is 6.42 Å². The highest BCUT2D eigenvalue weighted by atomic mass is 15.2. The number of nitrogens with zero attached hydrogens (tertiary/aromatic N) is 2. The minimum absolute atomic E-state index is 0.601. The van der Waals surface area contributed by atoms with E-state index in [9.17, 15) is 0 Å². The Kier molecular flexibility index (Phi) is 4.16. The van der Waals surface area contributed by atoms with E-state index in [1.807, 2.05) is 20.0 Å². The zero-order valence-electron chi connectivity index (χ0n) is 11.3. The Bertz CT molecular complexity index is 362. The van der Waals surface area contributed by atoms with Gasteiger partial charge in [-0.1, -0.05) is 19.9 Å². The van der Waals surface area contributed by atoms with Crippen molar-refractivity contribution in [2.75, 3.05) is 13.6 Å². The van der Waals surface area contributed by atoms with Crippen LogP contribution in [0.25, 0.3) is 0 Å². The Morgan fingerprint density at radius 3 is 2.94 bits per heavy atom. The van der Waals surface area contributed by atoms with E-state index >= 15 is 0 Å². The number of rotatable bonds is 0. The number of fused-ring (bicyclic) bond motifs is 3. The van der Waals surface area contributed by atoms with Crippen molar-refractivity contribution in [3.05, 3.63) is 29.6 Å². The molecule has 1 fully saturated rings. The lowest BCUT2D eigenvalue weighted by Crippen LogP contribution is -2.39. The first kappa shape index (κ1) is 12.6. The molecule has 0 unspecified atom stereocenters. The summed E-state index contributed by atoms with van der Waals surface area (Å²) in [6.07, 6.45) is 7.29. The van der Waals surface area contributed by atoms with Gasteiger partial charge in [0.1, 0.15) is 0 Å². The van der Waals surface area contributed by atoms with Gasteiger partial charge in [-0.05, 0) is 56.8 Å². The summed E-state index contributed by atoms with van der Waals surface area (Å²) in [5, 5.41) is 0. The molecule has 2 aliphatic rings. The highest BCUT2D eigenvalue weighted by Gasteiger charge is 2.35. The standard InChI is InChI=1S/C13H18N2.C2H6/c1-15-9-3-5-11-7-6-10-4-2-8-14-12(10)13(11)15;1-2/h2,4,8,11,13H,3,5-7,9H2,1H3;1-2H3/t11-,13-;/m0./s1. The second-order valence-electron chi connectivity index (χ2n) is 4.91. The summed E-state index contributed by atoms with van der Waals surface area (Å²) >= 11 is 0. The third-order valence-corrected chi connectivity index (χ3v) is 4.00. The number of piperidine rings is 1. The SMILES string of the molecule is CC.CN1CCC[C@H]2CCc3cccnc3[C@H]21. The molecule has 94 valence electrons. The van der Waals surface area contributed by atoms with Gasteiger partial charge in [0.15, 0.2) is 0 Å². The Hall–Kier alpha value is -0.890. The van der Waals surface area contributed by atoms with Crippen molar-refractivity contribution in [2.45, 2.75) is 45.6 Å².